The summed E-state index contributed by atoms with van der Waals surface area (Å²) in [5.74, 6) is -2.18. The SMILES string of the molecule is CC(=O)O[C@H]1C[C@@H](OC(C)=O)[C@@]2(C)CO[C@H]3[C@@H](OC(=O)c4ccccc4)[C@@]4(C)C5=C(C)[C@H](c6ccoc6)C[C@@H]5OC(O)C[C@@H]4[C@]1(C)[C@@H]32. The maximum atomic E-state index is 14.0. The molecule has 2 aliphatic heterocycles. The molecule has 10 nitrogen and oxygen atoms in total. The van der Waals surface area contributed by atoms with Crippen molar-refractivity contribution in [3.05, 3.63) is 71.2 Å². The lowest BCUT2D eigenvalue weighted by atomic mass is 9.39. The molecule has 0 amide bonds. The summed E-state index contributed by atoms with van der Waals surface area (Å²) in [4.78, 5) is 39.2. The smallest absolute Gasteiger partial charge is 0.338 e. The number of aliphatic hydroxyl groups is 1. The van der Waals surface area contributed by atoms with Gasteiger partial charge in [-0.3, -0.25) is 9.59 Å². The van der Waals surface area contributed by atoms with Crippen LogP contribution in [-0.2, 0) is 33.3 Å². The molecular weight excluding hydrogens is 604 g/mol. The van der Waals surface area contributed by atoms with E-state index in [1.54, 1.807) is 36.8 Å². The average molecular weight is 649 g/mol. The van der Waals surface area contributed by atoms with E-state index in [0.29, 0.717) is 12.0 Å². The summed E-state index contributed by atoms with van der Waals surface area (Å²) >= 11 is 0. The van der Waals surface area contributed by atoms with E-state index in [4.69, 9.17) is 28.1 Å². The Labute approximate surface area is 274 Å². The van der Waals surface area contributed by atoms with Gasteiger partial charge in [-0.05, 0) is 48.6 Å². The molecule has 2 saturated carbocycles. The second-order valence-corrected chi connectivity index (χ2v) is 14.8. The standard InChI is InChI=1S/C37H44O10/c1-19-24(23-12-13-42-17-23)14-25-30(19)37(6)26(15-29(40)46-25)36(5)28(45-21(3)39)16-27(44-20(2)38)35(4)18-43-31(32(35)36)33(37)47-34(41)22-10-8-7-9-11-22/h7-13,17,24-29,31-33,40H,14-16,18H2,1-6H3/t24-,25+,26-,27-,28+,29?,31-,32+,33-,35-,36+,37-/m1/s1. The molecule has 1 N–H and O–H groups in total. The molecule has 3 aliphatic carbocycles. The molecule has 1 unspecified atom stereocenters. The van der Waals surface area contributed by atoms with Crippen LogP contribution in [0.2, 0.25) is 0 Å². The Balaban J connectivity index is 1.46. The van der Waals surface area contributed by atoms with Gasteiger partial charge >= 0.3 is 17.9 Å². The first-order valence-electron chi connectivity index (χ1n) is 16.6. The van der Waals surface area contributed by atoms with Crippen LogP contribution in [0.5, 0.6) is 0 Å². The van der Waals surface area contributed by atoms with E-state index in [1.165, 1.54) is 13.8 Å². The third-order valence-corrected chi connectivity index (χ3v) is 12.4. The summed E-state index contributed by atoms with van der Waals surface area (Å²) in [6, 6.07) is 10.8. The molecule has 7 rings (SSSR count). The topological polar surface area (TPSA) is 131 Å². The summed E-state index contributed by atoms with van der Waals surface area (Å²) in [6.45, 7) is 11.4. The molecule has 0 radical (unpaired) electrons. The number of ether oxygens (including phenoxy) is 5. The van der Waals surface area contributed by atoms with Crippen molar-refractivity contribution in [2.75, 3.05) is 6.61 Å². The van der Waals surface area contributed by atoms with Gasteiger partial charge in [-0.15, -0.1) is 0 Å². The monoisotopic (exact) mass is 648 g/mol. The lowest BCUT2D eigenvalue weighted by Gasteiger charge is -2.66. The first kappa shape index (κ1) is 32.1. The molecule has 47 heavy (non-hydrogen) atoms. The molecule has 10 heteroatoms. The van der Waals surface area contributed by atoms with Crippen molar-refractivity contribution in [3.63, 3.8) is 0 Å². The van der Waals surface area contributed by atoms with E-state index in [0.717, 1.165) is 16.7 Å². The van der Waals surface area contributed by atoms with Crippen LogP contribution in [0.1, 0.15) is 82.6 Å². The Bertz CT molecular complexity index is 1580. The highest BCUT2D eigenvalue weighted by atomic mass is 16.6. The normalized spacial score (nSPS) is 42.1. The Morgan fingerprint density at radius 2 is 1.62 bits per heavy atom. The fourth-order valence-corrected chi connectivity index (χ4v) is 10.7. The van der Waals surface area contributed by atoms with Crippen molar-refractivity contribution in [1.29, 1.82) is 0 Å². The van der Waals surface area contributed by atoms with Crippen LogP contribution >= 0.6 is 0 Å². The minimum Gasteiger partial charge on any atom is -0.472 e. The van der Waals surface area contributed by atoms with Crippen LogP contribution in [0.3, 0.4) is 0 Å². The fourth-order valence-electron chi connectivity index (χ4n) is 10.7. The number of fused-ring (bicyclic) bond motifs is 4. The van der Waals surface area contributed by atoms with Crippen LogP contribution in [-0.4, -0.2) is 66.4 Å². The zero-order valence-corrected chi connectivity index (χ0v) is 27.8. The van der Waals surface area contributed by atoms with Gasteiger partial charge in [-0.1, -0.05) is 44.5 Å². The Morgan fingerprint density at radius 3 is 2.28 bits per heavy atom. The van der Waals surface area contributed by atoms with E-state index in [2.05, 4.69) is 20.8 Å². The Kier molecular flexibility index (Phi) is 7.72. The number of carbonyl (C=O) groups excluding carboxylic acids is 3. The number of furan rings is 1. The zero-order chi connectivity index (χ0) is 33.5. The number of esters is 3. The maximum Gasteiger partial charge on any atom is 0.338 e. The molecule has 0 spiro atoms. The highest BCUT2D eigenvalue weighted by Gasteiger charge is 2.77. The molecule has 1 aromatic carbocycles. The van der Waals surface area contributed by atoms with Crippen LogP contribution in [0.25, 0.3) is 0 Å². The second kappa shape index (κ2) is 11.3. The van der Waals surface area contributed by atoms with E-state index < -0.39 is 76.9 Å². The highest BCUT2D eigenvalue weighted by molar-refractivity contribution is 5.89. The van der Waals surface area contributed by atoms with Crippen molar-refractivity contribution < 1.29 is 47.6 Å². The molecule has 5 aliphatic rings. The molecule has 1 aromatic heterocycles. The van der Waals surface area contributed by atoms with E-state index in [1.807, 2.05) is 19.1 Å². The number of allylic oxidation sites excluding steroid dienone is 1. The first-order chi connectivity index (χ1) is 22.3. The number of aliphatic hydroxyl groups excluding tert-OH is 1. The van der Waals surface area contributed by atoms with Gasteiger partial charge in [0, 0.05) is 54.8 Å². The van der Waals surface area contributed by atoms with Crippen molar-refractivity contribution in [1.82, 2.24) is 0 Å². The summed E-state index contributed by atoms with van der Waals surface area (Å²) in [5, 5.41) is 11.6. The van der Waals surface area contributed by atoms with Crippen LogP contribution in [0.15, 0.2) is 64.5 Å². The minimum absolute atomic E-state index is 0.0359. The largest absolute Gasteiger partial charge is 0.472 e. The van der Waals surface area contributed by atoms with Crippen LogP contribution < -0.4 is 0 Å². The minimum atomic E-state index is -1.13. The van der Waals surface area contributed by atoms with Gasteiger partial charge in [-0.2, -0.15) is 0 Å². The van der Waals surface area contributed by atoms with Gasteiger partial charge in [0.2, 0.25) is 0 Å². The van der Waals surface area contributed by atoms with Gasteiger partial charge in [0.1, 0.15) is 18.3 Å². The van der Waals surface area contributed by atoms with Gasteiger partial charge in [-0.25, -0.2) is 4.79 Å². The first-order valence-corrected chi connectivity index (χ1v) is 16.6. The van der Waals surface area contributed by atoms with Gasteiger partial charge in [0.15, 0.2) is 6.29 Å². The fraction of sp³-hybridized carbons (Fsp3) is 0.595. The third-order valence-electron chi connectivity index (χ3n) is 12.4. The number of hydrogen-bond acceptors (Lipinski definition) is 10. The molecule has 3 heterocycles. The van der Waals surface area contributed by atoms with Crippen molar-refractivity contribution >= 4 is 17.9 Å². The van der Waals surface area contributed by atoms with Gasteiger partial charge < -0.3 is 33.2 Å². The van der Waals surface area contributed by atoms with Crippen molar-refractivity contribution in [2.45, 2.75) is 104 Å². The van der Waals surface area contributed by atoms with Crippen molar-refractivity contribution in [3.8, 4) is 0 Å². The summed E-state index contributed by atoms with van der Waals surface area (Å²) in [5.41, 5.74) is 1.04. The Hall–Kier alpha value is -3.47. The molecule has 0 bridgehead atoms. The van der Waals surface area contributed by atoms with E-state index in [-0.39, 0.29) is 31.3 Å². The maximum absolute atomic E-state index is 14.0. The molecule has 2 aromatic rings. The molecule has 4 fully saturated rings. The Morgan fingerprint density at radius 1 is 0.915 bits per heavy atom. The second-order valence-electron chi connectivity index (χ2n) is 14.8. The quantitative estimate of drug-likeness (QED) is 0.257. The molecule has 2 saturated heterocycles. The predicted octanol–water partition coefficient (Wildman–Crippen LogP) is 5.35. The lowest BCUT2D eigenvalue weighted by molar-refractivity contribution is -0.258. The highest BCUT2D eigenvalue weighted by Crippen LogP contribution is 2.72. The number of rotatable bonds is 5. The summed E-state index contributed by atoms with van der Waals surface area (Å²) < 4.78 is 37.5. The summed E-state index contributed by atoms with van der Waals surface area (Å²) in [7, 11) is 0. The van der Waals surface area contributed by atoms with Gasteiger partial charge in [0.25, 0.3) is 0 Å². The van der Waals surface area contributed by atoms with E-state index >= 15 is 0 Å². The van der Waals surface area contributed by atoms with E-state index in [9.17, 15) is 19.5 Å². The van der Waals surface area contributed by atoms with Crippen molar-refractivity contribution in [2.24, 2.45) is 28.1 Å². The number of carbonyl (C=O) groups is 3. The van der Waals surface area contributed by atoms with Crippen LogP contribution in [0.4, 0.5) is 0 Å². The molecular formula is C37H44O10. The van der Waals surface area contributed by atoms with Gasteiger partial charge in [0.05, 0.1) is 36.9 Å². The number of hydrogen-bond donors (Lipinski definition) is 1. The van der Waals surface area contributed by atoms with Crippen LogP contribution in [0, 0.1) is 28.1 Å². The third kappa shape index (κ3) is 4.73. The average Bonchev–Trinajstić information content (AvgIpc) is 3.73. The predicted molar refractivity (Wildman–Crippen MR) is 167 cm³/mol. The number of benzene rings is 1. The summed E-state index contributed by atoms with van der Waals surface area (Å²) in [6.07, 6.45) is 0.128. The zero-order valence-electron chi connectivity index (χ0n) is 27.8. The molecule has 12 atom stereocenters. The lowest BCUT2D eigenvalue weighted by Crippen LogP contribution is -2.72. The molecule has 252 valence electrons.